The zero-order valence-corrected chi connectivity index (χ0v) is 14.9. The number of rotatable bonds is 6. The predicted molar refractivity (Wildman–Crippen MR) is 99.2 cm³/mol. The van der Waals surface area contributed by atoms with E-state index >= 15 is 0 Å². The van der Waals surface area contributed by atoms with E-state index in [0.717, 1.165) is 42.9 Å². The smallest absolute Gasteiger partial charge is 0.157 e. The average Bonchev–Trinajstić information content (AvgIpc) is 3.28. The molecule has 0 aliphatic carbocycles. The van der Waals surface area contributed by atoms with Gasteiger partial charge in [-0.2, -0.15) is 9.61 Å². The quantitative estimate of drug-likeness (QED) is 0.685. The summed E-state index contributed by atoms with van der Waals surface area (Å²) in [6.45, 7) is 6.03. The second kappa shape index (κ2) is 6.75. The summed E-state index contributed by atoms with van der Waals surface area (Å²) < 4.78 is 7.97. The number of para-hydroxylation sites is 1. The molecule has 0 fully saturated rings. The molecule has 5 heteroatoms. The summed E-state index contributed by atoms with van der Waals surface area (Å²) in [6, 6.07) is 12.4. The molecule has 4 rings (SSSR count). The minimum absolute atomic E-state index is 0.491. The van der Waals surface area contributed by atoms with Crippen molar-refractivity contribution in [3.8, 4) is 5.75 Å². The highest BCUT2D eigenvalue weighted by atomic mass is 16.5. The van der Waals surface area contributed by atoms with Gasteiger partial charge in [-0.3, -0.25) is 0 Å². The number of fused-ring (bicyclic) bond motifs is 3. The summed E-state index contributed by atoms with van der Waals surface area (Å²) in [4.78, 5) is 7.32. The van der Waals surface area contributed by atoms with Crippen LogP contribution in [0.2, 0.25) is 0 Å². The van der Waals surface area contributed by atoms with E-state index in [0.29, 0.717) is 12.6 Å². The van der Waals surface area contributed by atoms with Gasteiger partial charge in [0.1, 0.15) is 18.2 Å². The minimum atomic E-state index is 0.491. The van der Waals surface area contributed by atoms with Crippen molar-refractivity contribution in [2.75, 3.05) is 11.4 Å². The first kappa shape index (κ1) is 15.9. The third kappa shape index (κ3) is 2.84. The molecule has 0 saturated heterocycles. The van der Waals surface area contributed by atoms with Crippen LogP contribution < -0.4 is 9.64 Å². The van der Waals surface area contributed by atoms with Gasteiger partial charge in [-0.05, 0) is 31.4 Å². The van der Waals surface area contributed by atoms with Gasteiger partial charge in [0, 0.05) is 24.2 Å². The summed E-state index contributed by atoms with van der Waals surface area (Å²) in [5.74, 6) is 2.08. The Kier molecular flexibility index (Phi) is 4.30. The maximum atomic E-state index is 5.98. The molecule has 1 aliphatic heterocycles. The summed E-state index contributed by atoms with van der Waals surface area (Å²) in [5.41, 5.74) is 3.20. The standard InChI is InChI=1S/C20H24N4O/c1-3-15(4-2)23-13-11-17-18(14-25-16-8-6-5-7-9-16)22-19-10-12-21-24(19)20(17)23/h5-10,12,15H,3-4,11,13-14H2,1-2H3. The summed E-state index contributed by atoms with van der Waals surface area (Å²) in [5, 5.41) is 4.52. The Bertz CT molecular complexity index is 855. The molecule has 0 unspecified atom stereocenters. The highest BCUT2D eigenvalue weighted by molar-refractivity contribution is 5.61. The molecule has 3 heterocycles. The lowest BCUT2D eigenvalue weighted by atomic mass is 10.1. The highest BCUT2D eigenvalue weighted by Gasteiger charge is 2.30. The van der Waals surface area contributed by atoms with E-state index in [1.54, 1.807) is 0 Å². The largest absolute Gasteiger partial charge is 0.487 e. The Morgan fingerprint density at radius 1 is 1.12 bits per heavy atom. The number of hydrogen-bond donors (Lipinski definition) is 0. The zero-order valence-electron chi connectivity index (χ0n) is 14.9. The summed E-state index contributed by atoms with van der Waals surface area (Å²) in [7, 11) is 0. The molecule has 25 heavy (non-hydrogen) atoms. The van der Waals surface area contributed by atoms with Gasteiger partial charge in [0.2, 0.25) is 0 Å². The van der Waals surface area contributed by atoms with Gasteiger partial charge in [0.15, 0.2) is 5.65 Å². The average molecular weight is 336 g/mol. The van der Waals surface area contributed by atoms with E-state index in [1.807, 2.05) is 47.1 Å². The molecular formula is C20H24N4O. The Balaban J connectivity index is 1.72. The van der Waals surface area contributed by atoms with Crippen LogP contribution in [0.1, 0.15) is 37.9 Å². The molecule has 0 N–H and O–H groups in total. The molecule has 0 bridgehead atoms. The molecule has 1 aromatic carbocycles. The van der Waals surface area contributed by atoms with E-state index < -0.39 is 0 Å². The first-order chi connectivity index (χ1) is 12.3. The number of ether oxygens (including phenoxy) is 1. The Morgan fingerprint density at radius 2 is 1.92 bits per heavy atom. The van der Waals surface area contributed by atoms with Gasteiger partial charge >= 0.3 is 0 Å². The van der Waals surface area contributed by atoms with Crippen LogP contribution in [0.15, 0.2) is 42.6 Å². The molecule has 1 aliphatic rings. The van der Waals surface area contributed by atoms with Crippen LogP contribution in [-0.4, -0.2) is 27.2 Å². The Labute approximate surface area is 148 Å². The Morgan fingerprint density at radius 3 is 2.68 bits per heavy atom. The molecule has 0 radical (unpaired) electrons. The molecular weight excluding hydrogens is 312 g/mol. The topological polar surface area (TPSA) is 42.7 Å². The van der Waals surface area contributed by atoms with Gasteiger partial charge in [0.05, 0.1) is 11.9 Å². The van der Waals surface area contributed by atoms with Crippen LogP contribution in [-0.2, 0) is 13.0 Å². The van der Waals surface area contributed by atoms with Crippen molar-refractivity contribution in [1.29, 1.82) is 0 Å². The number of anilines is 1. The molecule has 0 amide bonds. The molecule has 0 saturated carbocycles. The number of hydrogen-bond acceptors (Lipinski definition) is 4. The zero-order chi connectivity index (χ0) is 17.2. The van der Waals surface area contributed by atoms with Crippen LogP contribution in [0.5, 0.6) is 5.75 Å². The molecule has 5 nitrogen and oxygen atoms in total. The molecule has 3 aromatic rings. The van der Waals surface area contributed by atoms with Gasteiger partial charge in [-0.25, -0.2) is 4.98 Å². The van der Waals surface area contributed by atoms with Crippen molar-refractivity contribution in [2.24, 2.45) is 0 Å². The molecule has 130 valence electrons. The first-order valence-corrected chi connectivity index (χ1v) is 9.11. The fourth-order valence-electron chi connectivity index (χ4n) is 3.77. The number of aromatic nitrogens is 3. The monoisotopic (exact) mass is 336 g/mol. The second-order valence-corrected chi connectivity index (χ2v) is 6.48. The van der Waals surface area contributed by atoms with Crippen LogP contribution >= 0.6 is 0 Å². The maximum absolute atomic E-state index is 5.98. The SMILES string of the molecule is CCC(CC)N1CCc2c(COc3ccccc3)nc3ccnn3c21. The van der Waals surface area contributed by atoms with Crippen molar-refractivity contribution in [1.82, 2.24) is 14.6 Å². The maximum Gasteiger partial charge on any atom is 0.157 e. The van der Waals surface area contributed by atoms with Gasteiger partial charge in [-0.1, -0.05) is 32.0 Å². The van der Waals surface area contributed by atoms with Crippen LogP contribution in [0.25, 0.3) is 5.65 Å². The van der Waals surface area contributed by atoms with Crippen LogP contribution in [0, 0.1) is 0 Å². The van der Waals surface area contributed by atoms with Gasteiger partial charge in [-0.15, -0.1) is 0 Å². The highest BCUT2D eigenvalue weighted by Crippen LogP contribution is 2.33. The fraction of sp³-hybridized carbons (Fsp3) is 0.400. The molecule has 0 atom stereocenters. The third-order valence-corrected chi connectivity index (χ3v) is 5.07. The van der Waals surface area contributed by atoms with E-state index in [9.17, 15) is 0 Å². The van der Waals surface area contributed by atoms with E-state index in [1.165, 1.54) is 11.4 Å². The van der Waals surface area contributed by atoms with Gasteiger partial charge < -0.3 is 9.64 Å². The van der Waals surface area contributed by atoms with Crippen LogP contribution in [0.4, 0.5) is 5.82 Å². The van der Waals surface area contributed by atoms with Gasteiger partial charge in [0.25, 0.3) is 0 Å². The van der Waals surface area contributed by atoms with Crippen LogP contribution in [0.3, 0.4) is 0 Å². The third-order valence-electron chi connectivity index (χ3n) is 5.07. The molecule has 2 aromatic heterocycles. The molecule has 0 spiro atoms. The number of nitrogens with zero attached hydrogens (tertiary/aromatic N) is 4. The lowest BCUT2D eigenvalue weighted by Gasteiger charge is -2.28. The first-order valence-electron chi connectivity index (χ1n) is 9.11. The van der Waals surface area contributed by atoms with Crippen molar-refractivity contribution >= 4 is 11.5 Å². The van der Waals surface area contributed by atoms with Crippen molar-refractivity contribution in [2.45, 2.75) is 45.8 Å². The predicted octanol–water partition coefficient (Wildman–Crippen LogP) is 3.86. The normalized spacial score (nSPS) is 13.6. The fourth-order valence-corrected chi connectivity index (χ4v) is 3.77. The summed E-state index contributed by atoms with van der Waals surface area (Å²) in [6.07, 6.45) is 5.10. The summed E-state index contributed by atoms with van der Waals surface area (Å²) >= 11 is 0. The Hall–Kier alpha value is -2.56. The van der Waals surface area contributed by atoms with E-state index in [-0.39, 0.29) is 0 Å². The lowest BCUT2D eigenvalue weighted by molar-refractivity contribution is 0.300. The second-order valence-electron chi connectivity index (χ2n) is 6.48. The number of benzene rings is 1. The van der Waals surface area contributed by atoms with E-state index in [4.69, 9.17) is 9.72 Å². The van der Waals surface area contributed by atoms with Crippen molar-refractivity contribution < 1.29 is 4.74 Å². The minimum Gasteiger partial charge on any atom is -0.487 e. The van der Waals surface area contributed by atoms with Crippen molar-refractivity contribution in [3.05, 3.63) is 53.9 Å². The lowest BCUT2D eigenvalue weighted by Crippen LogP contribution is -2.34. The van der Waals surface area contributed by atoms with Crippen molar-refractivity contribution in [3.63, 3.8) is 0 Å². The van der Waals surface area contributed by atoms with E-state index in [2.05, 4.69) is 23.8 Å².